The van der Waals surface area contributed by atoms with Gasteiger partial charge in [0.25, 0.3) is 5.91 Å². The van der Waals surface area contributed by atoms with Crippen LogP contribution < -0.4 is 5.32 Å². The summed E-state index contributed by atoms with van der Waals surface area (Å²) in [5.74, 6) is -0.174. The van der Waals surface area contributed by atoms with E-state index in [-0.39, 0.29) is 11.3 Å². The molecule has 1 amide bonds. The molecular formula is C20H21N3OS. The van der Waals surface area contributed by atoms with Crippen LogP contribution in [0.2, 0.25) is 0 Å². The van der Waals surface area contributed by atoms with Crippen molar-refractivity contribution in [3.05, 3.63) is 65.2 Å². The number of hydrogen-bond acceptors (Lipinski definition) is 4. The summed E-state index contributed by atoms with van der Waals surface area (Å²) in [5.41, 5.74) is 4.04. The molecule has 0 aliphatic rings. The third kappa shape index (κ3) is 4.12. The number of hydrogen-bond donors (Lipinski definition) is 1. The van der Waals surface area contributed by atoms with Gasteiger partial charge < -0.3 is 0 Å². The van der Waals surface area contributed by atoms with Crippen LogP contribution in [0.5, 0.6) is 0 Å². The van der Waals surface area contributed by atoms with Crippen LogP contribution >= 0.6 is 11.3 Å². The normalized spacial score (nSPS) is 11.4. The fourth-order valence-electron chi connectivity index (χ4n) is 2.46. The first kappa shape index (κ1) is 17.3. The minimum atomic E-state index is -0.174. The average Bonchev–Trinajstić information content (AvgIpc) is 3.03. The van der Waals surface area contributed by atoms with Crippen molar-refractivity contribution >= 4 is 22.4 Å². The lowest BCUT2D eigenvalue weighted by Gasteiger charge is -2.18. The molecular weight excluding hydrogens is 330 g/mol. The molecule has 0 saturated heterocycles. The lowest BCUT2D eigenvalue weighted by atomic mass is 9.87. The van der Waals surface area contributed by atoms with Crippen molar-refractivity contribution in [1.29, 1.82) is 0 Å². The van der Waals surface area contributed by atoms with Gasteiger partial charge in [0.05, 0.1) is 0 Å². The largest absolute Gasteiger partial charge is 0.296 e. The van der Waals surface area contributed by atoms with Gasteiger partial charge in [0.15, 0.2) is 0 Å². The third-order valence-electron chi connectivity index (χ3n) is 3.92. The molecule has 1 aromatic heterocycles. The zero-order chi connectivity index (χ0) is 18.0. The summed E-state index contributed by atoms with van der Waals surface area (Å²) >= 11 is 1.37. The number of nitrogens with zero attached hydrogens (tertiary/aromatic N) is 2. The van der Waals surface area contributed by atoms with Crippen LogP contribution in [0.15, 0.2) is 48.5 Å². The maximum Gasteiger partial charge on any atom is 0.257 e. The number of benzene rings is 2. The molecule has 0 aliphatic heterocycles. The van der Waals surface area contributed by atoms with Gasteiger partial charge in [-0.1, -0.05) is 68.0 Å². The maximum absolute atomic E-state index is 12.4. The number of amides is 1. The first-order valence-corrected chi connectivity index (χ1v) is 8.97. The maximum atomic E-state index is 12.4. The van der Waals surface area contributed by atoms with Crippen LogP contribution in [-0.2, 0) is 5.41 Å². The van der Waals surface area contributed by atoms with Crippen molar-refractivity contribution in [2.75, 3.05) is 5.32 Å². The van der Waals surface area contributed by atoms with E-state index in [0.717, 1.165) is 16.1 Å². The number of nitrogens with one attached hydrogen (secondary N) is 1. The molecule has 128 valence electrons. The van der Waals surface area contributed by atoms with Gasteiger partial charge in [0, 0.05) is 11.1 Å². The molecule has 1 N–H and O–H groups in total. The summed E-state index contributed by atoms with van der Waals surface area (Å²) in [4.78, 5) is 12.4. The van der Waals surface area contributed by atoms with Crippen molar-refractivity contribution in [1.82, 2.24) is 10.2 Å². The summed E-state index contributed by atoms with van der Waals surface area (Å²) < 4.78 is 0. The molecule has 0 radical (unpaired) electrons. The zero-order valence-electron chi connectivity index (χ0n) is 14.8. The number of aromatic nitrogens is 2. The van der Waals surface area contributed by atoms with Crippen molar-refractivity contribution in [2.24, 2.45) is 0 Å². The van der Waals surface area contributed by atoms with E-state index in [9.17, 15) is 4.79 Å². The highest BCUT2D eigenvalue weighted by molar-refractivity contribution is 7.18. The molecule has 3 rings (SSSR count). The summed E-state index contributed by atoms with van der Waals surface area (Å²) in [5, 5.41) is 12.4. The number of carbonyl (C=O) groups is 1. The average molecular weight is 351 g/mol. The smallest absolute Gasteiger partial charge is 0.257 e. The lowest BCUT2D eigenvalue weighted by molar-refractivity contribution is 0.102. The van der Waals surface area contributed by atoms with E-state index in [0.29, 0.717) is 10.7 Å². The van der Waals surface area contributed by atoms with E-state index >= 15 is 0 Å². The first-order chi connectivity index (χ1) is 11.8. The molecule has 4 nitrogen and oxygen atoms in total. The summed E-state index contributed by atoms with van der Waals surface area (Å²) in [6, 6.07) is 15.7. The van der Waals surface area contributed by atoms with Crippen LogP contribution in [0.1, 0.15) is 42.3 Å². The van der Waals surface area contributed by atoms with E-state index in [1.54, 1.807) is 0 Å². The number of aryl methyl sites for hydroxylation is 1. The second-order valence-electron chi connectivity index (χ2n) is 7.06. The Hall–Kier alpha value is -2.53. The minimum Gasteiger partial charge on any atom is -0.296 e. The van der Waals surface area contributed by atoms with E-state index < -0.39 is 0 Å². The van der Waals surface area contributed by atoms with Crippen LogP contribution in [0, 0.1) is 6.92 Å². The lowest BCUT2D eigenvalue weighted by Crippen LogP contribution is -2.14. The Morgan fingerprint density at radius 3 is 2.40 bits per heavy atom. The van der Waals surface area contributed by atoms with E-state index in [1.807, 2.05) is 49.4 Å². The van der Waals surface area contributed by atoms with Gasteiger partial charge >= 0.3 is 0 Å². The molecule has 3 aromatic rings. The second-order valence-corrected chi connectivity index (χ2v) is 8.04. The standard InChI is InChI=1S/C20H21N3OS/c1-13-6-5-7-15(12-13)18-22-23-19(25-18)21-17(24)14-8-10-16(11-9-14)20(2,3)4/h5-12H,1-4H3,(H,21,23,24). The minimum absolute atomic E-state index is 0.0664. The molecule has 0 spiro atoms. The Kier molecular flexibility index (Phi) is 4.68. The molecule has 0 aliphatic carbocycles. The summed E-state index contributed by atoms with van der Waals surface area (Å²) in [6.45, 7) is 8.48. The summed E-state index contributed by atoms with van der Waals surface area (Å²) in [7, 11) is 0. The van der Waals surface area contributed by atoms with Gasteiger partial charge in [-0.3, -0.25) is 10.1 Å². The fourth-order valence-corrected chi connectivity index (χ4v) is 3.19. The quantitative estimate of drug-likeness (QED) is 0.717. The summed E-state index contributed by atoms with van der Waals surface area (Å²) in [6.07, 6.45) is 0. The number of rotatable bonds is 3. The Morgan fingerprint density at radius 1 is 1.04 bits per heavy atom. The highest BCUT2D eigenvalue weighted by Crippen LogP contribution is 2.27. The molecule has 2 aromatic carbocycles. The van der Waals surface area contributed by atoms with Crippen LogP contribution in [0.25, 0.3) is 10.6 Å². The molecule has 0 saturated carbocycles. The van der Waals surface area contributed by atoms with E-state index in [2.05, 4.69) is 42.4 Å². The Bertz CT molecular complexity index is 892. The zero-order valence-corrected chi connectivity index (χ0v) is 15.6. The highest BCUT2D eigenvalue weighted by Gasteiger charge is 2.15. The van der Waals surface area contributed by atoms with Crippen molar-refractivity contribution in [3.63, 3.8) is 0 Å². The molecule has 0 atom stereocenters. The molecule has 0 bridgehead atoms. The van der Waals surface area contributed by atoms with Crippen LogP contribution in [0.4, 0.5) is 5.13 Å². The fraction of sp³-hybridized carbons (Fsp3) is 0.250. The van der Waals surface area contributed by atoms with Gasteiger partial charge in [-0.05, 0) is 36.1 Å². The monoisotopic (exact) mass is 351 g/mol. The van der Waals surface area contributed by atoms with Gasteiger partial charge in [-0.2, -0.15) is 0 Å². The first-order valence-electron chi connectivity index (χ1n) is 8.15. The van der Waals surface area contributed by atoms with Crippen molar-refractivity contribution in [2.45, 2.75) is 33.1 Å². The van der Waals surface area contributed by atoms with Crippen molar-refractivity contribution in [3.8, 4) is 10.6 Å². The van der Waals surface area contributed by atoms with Gasteiger partial charge in [0.2, 0.25) is 5.13 Å². The van der Waals surface area contributed by atoms with Gasteiger partial charge in [-0.25, -0.2) is 0 Å². The number of anilines is 1. The predicted octanol–water partition coefficient (Wildman–Crippen LogP) is 5.06. The number of carbonyl (C=O) groups excluding carboxylic acids is 1. The van der Waals surface area contributed by atoms with Crippen LogP contribution in [-0.4, -0.2) is 16.1 Å². The molecule has 25 heavy (non-hydrogen) atoms. The van der Waals surface area contributed by atoms with E-state index in [1.165, 1.54) is 16.9 Å². The Balaban J connectivity index is 1.73. The SMILES string of the molecule is Cc1cccc(-c2nnc(NC(=O)c3ccc(C(C)(C)C)cc3)s2)c1. The van der Waals surface area contributed by atoms with E-state index in [4.69, 9.17) is 0 Å². The third-order valence-corrected chi connectivity index (χ3v) is 4.81. The Morgan fingerprint density at radius 2 is 1.76 bits per heavy atom. The molecule has 0 unspecified atom stereocenters. The topological polar surface area (TPSA) is 54.9 Å². The Labute approximate surface area is 151 Å². The van der Waals surface area contributed by atoms with Gasteiger partial charge in [0.1, 0.15) is 5.01 Å². The van der Waals surface area contributed by atoms with Crippen molar-refractivity contribution < 1.29 is 4.79 Å². The van der Waals surface area contributed by atoms with Gasteiger partial charge in [-0.15, -0.1) is 10.2 Å². The second kappa shape index (κ2) is 6.76. The molecule has 5 heteroatoms. The molecule has 0 fully saturated rings. The van der Waals surface area contributed by atoms with Crippen LogP contribution in [0.3, 0.4) is 0 Å². The predicted molar refractivity (Wildman–Crippen MR) is 103 cm³/mol. The molecule has 1 heterocycles. The highest BCUT2D eigenvalue weighted by atomic mass is 32.1.